The highest BCUT2D eigenvalue weighted by molar-refractivity contribution is 5.33. The number of para-hydroxylation sites is 1. The predicted molar refractivity (Wildman–Crippen MR) is 61.8 cm³/mol. The first kappa shape index (κ1) is 11.4. The third-order valence-electron chi connectivity index (χ3n) is 3.48. The zero-order valence-electron chi connectivity index (χ0n) is 9.59. The maximum atomic E-state index is 13.1. The molecule has 0 unspecified atom stereocenters. The molecular formula is C13H18FNO. The Morgan fingerprint density at radius 2 is 2.06 bits per heavy atom. The minimum absolute atomic E-state index is 0.152. The minimum atomic E-state index is -0.545. The fourth-order valence-electron chi connectivity index (χ4n) is 2.34. The van der Waals surface area contributed by atoms with Crippen molar-refractivity contribution in [2.24, 2.45) is 0 Å². The van der Waals surface area contributed by atoms with Gasteiger partial charge in [-0.05, 0) is 25.8 Å². The Hall–Kier alpha value is -1.09. The van der Waals surface area contributed by atoms with Crippen molar-refractivity contribution in [3.8, 4) is 5.75 Å². The largest absolute Gasteiger partial charge is 0.505 e. The highest BCUT2D eigenvalue weighted by Gasteiger charge is 2.27. The summed E-state index contributed by atoms with van der Waals surface area (Å²) >= 11 is 0. The average molecular weight is 223 g/mol. The van der Waals surface area contributed by atoms with Gasteiger partial charge in [0.2, 0.25) is 0 Å². The van der Waals surface area contributed by atoms with Crippen LogP contribution in [0.3, 0.4) is 0 Å². The summed E-state index contributed by atoms with van der Waals surface area (Å²) in [6.07, 6.45) is 4.81. The Kier molecular flexibility index (Phi) is 3.15. The van der Waals surface area contributed by atoms with E-state index in [9.17, 15) is 9.50 Å². The molecule has 0 aromatic heterocycles. The van der Waals surface area contributed by atoms with Gasteiger partial charge in [0.25, 0.3) is 0 Å². The molecule has 1 aromatic carbocycles. The molecule has 2 nitrogen and oxygen atoms in total. The van der Waals surface area contributed by atoms with E-state index in [1.807, 2.05) is 0 Å². The van der Waals surface area contributed by atoms with Crippen molar-refractivity contribution in [3.63, 3.8) is 0 Å². The molecule has 3 heteroatoms. The van der Waals surface area contributed by atoms with Crippen LogP contribution in [0.5, 0.6) is 5.75 Å². The standard InChI is InChI=1S/C13H18FNO/c1-13(7-2-3-8-13)15-9-10-5-4-6-11(14)12(10)16/h4-6,15-16H,2-3,7-9H2,1H3. The van der Waals surface area contributed by atoms with Crippen molar-refractivity contribution in [3.05, 3.63) is 29.6 Å². The van der Waals surface area contributed by atoms with Crippen molar-refractivity contribution in [2.45, 2.75) is 44.7 Å². The highest BCUT2D eigenvalue weighted by atomic mass is 19.1. The summed E-state index contributed by atoms with van der Waals surface area (Å²) in [5, 5.41) is 13.0. The van der Waals surface area contributed by atoms with Crippen LogP contribution in [0.15, 0.2) is 18.2 Å². The van der Waals surface area contributed by atoms with Gasteiger partial charge in [-0.15, -0.1) is 0 Å². The second-order valence-corrected chi connectivity index (χ2v) is 4.87. The molecule has 0 radical (unpaired) electrons. The van der Waals surface area contributed by atoms with Gasteiger partial charge in [-0.3, -0.25) is 0 Å². The van der Waals surface area contributed by atoms with Crippen molar-refractivity contribution < 1.29 is 9.50 Å². The first-order valence-electron chi connectivity index (χ1n) is 5.82. The molecule has 2 N–H and O–H groups in total. The third-order valence-corrected chi connectivity index (χ3v) is 3.48. The lowest BCUT2D eigenvalue weighted by Gasteiger charge is -2.25. The Morgan fingerprint density at radius 3 is 2.75 bits per heavy atom. The fourth-order valence-corrected chi connectivity index (χ4v) is 2.34. The molecule has 0 atom stereocenters. The van der Waals surface area contributed by atoms with Crippen molar-refractivity contribution in [1.82, 2.24) is 5.32 Å². The van der Waals surface area contributed by atoms with Crippen LogP contribution in [0.1, 0.15) is 38.2 Å². The van der Waals surface area contributed by atoms with Crippen molar-refractivity contribution >= 4 is 0 Å². The smallest absolute Gasteiger partial charge is 0.165 e. The van der Waals surface area contributed by atoms with E-state index in [0.717, 1.165) is 12.8 Å². The maximum Gasteiger partial charge on any atom is 0.165 e. The SMILES string of the molecule is CC1(NCc2cccc(F)c2O)CCCC1. The van der Waals surface area contributed by atoms with Gasteiger partial charge in [-0.2, -0.15) is 0 Å². The lowest BCUT2D eigenvalue weighted by molar-refractivity contribution is 0.355. The molecular weight excluding hydrogens is 205 g/mol. The number of phenolic OH excluding ortho intramolecular Hbond substituents is 1. The van der Waals surface area contributed by atoms with E-state index in [0.29, 0.717) is 12.1 Å². The molecule has 16 heavy (non-hydrogen) atoms. The van der Waals surface area contributed by atoms with Crippen LogP contribution < -0.4 is 5.32 Å². The summed E-state index contributed by atoms with van der Waals surface area (Å²) in [7, 11) is 0. The molecule has 0 heterocycles. The monoisotopic (exact) mass is 223 g/mol. The van der Waals surface area contributed by atoms with E-state index in [-0.39, 0.29) is 11.3 Å². The lowest BCUT2D eigenvalue weighted by Crippen LogP contribution is -2.38. The Bertz CT molecular complexity index is 372. The molecule has 0 aliphatic heterocycles. The number of phenols is 1. The molecule has 0 amide bonds. The van der Waals surface area contributed by atoms with Gasteiger partial charge in [0.05, 0.1) is 0 Å². The zero-order chi connectivity index (χ0) is 11.6. The first-order valence-corrected chi connectivity index (χ1v) is 5.82. The second kappa shape index (κ2) is 4.42. The zero-order valence-corrected chi connectivity index (χ0v) is 9.59. The number of rotatable bonds is 3. The third kappa shape index (κ3) is 2.35. The van der Waals surface area contributed by atoms with Crippen LogP contribution in [0.25, 0.3) is 0 Å². The van der Waals surface area contributed by atoms with E-state index >= 15 is 0 Å². The molecule has 1 aromatic rings. The Labute approximate surface area is 95.5 Å². The number of nitrogens with one attached hydrogen (secondary N) is 1. The summed E-state index contributed by atoms with van der Waals surface area (Å²) in [5.41, 5.74) is 0.784. The summed E-state index contributed by atoms with van der Waals surface area (Å²) in [5.74, 6) is -0.771. The van der Waals surface area contributed by atoms with Crippen LogP contribution >= 0.6 is 0 Å². The predicted octanol–water partition coefficient (Wildman–Crippen LogP) is 2.95. The number of hydrogen-bond donors (Lipinski definition) is 2. The van der Waals surface area contributed by atoms with Crippen molar-refractivity contribution in [1.29, 1.82) is 0 Å². The molecule has 88 valence electrons. The van der Waals surface area contributed by atoms with Gasteiger partial charge in [0, 0.05) is 17.6 Å². The van der Waals surface area contributed by atoms with E-state index in [1.54, 1.807) is 12.1 Å². The second-order valence-electron chi connectivity index (χ2n) is 4.87. The van der Waals surface area contributed by atoms with Crippen LogP contribution in [0.2, 0.25) is 0 Å². The van der Waals surface area contributed by atoms with Gasteiger partial charge >= 0.3 is 0 Å². The van der Waals surface area contributed by atoms with Crippen LogP contribution in [-0.2, 0) is 6.54 Å². The van der Waals surface area contributed by atoms with E-state index < -0.39 is 5.82 Å². The average Bonchev–Trinajstić information content (AvgIpc) is 2.68. The number of aromatic hydroxyl groups is 1. The van der Waals surface area contributed by atoms with Gasteiger partial charge < -0.3 is 10.4 Å². The maximum absolute atomic E-state index is 13.1. The van der Waals surface area contributed by atoms with Gasteiger partial charge in [-0.25, -0.2) is 4.39 Å². The summed E-state index contributed by atoms with van der Waals surface area (Å²) in [4.78, 5) is 0. The van der Waals surface area contributed by atoms with Crippen LogP contribution in [-0.4, -0.2) is 10.6 Å². The molecule has 0 saturated heterocycles. The summed E-state index contributed by atoms with van der Waals surface area (Å²) in [6.45, 7) is 2.72. The van der Waals surface area contributed by atoms with E-state index in [1.165, 1.54) is 18.9 Å². The Morgan fingerprint density at radius 1 is 1.38 bits per heavy atom. The molecule has 2 rings (SSSR count). The normalized spacial score (nSPS) is 18.9. The topological polar surface area (TPSA) is 32.3 Å². The number of hydrogen-bond acceptors (Lipinski definition) is 2. The van der Waals surface area contributed by atoms with Crippen molar-refractivity contribution in [2.75, 3.05) is 0 Å². The molecule has 0 spiro atoms. The van der Waals surface area contributed by atoms with Gasteiger partial charge in [-0.1, -0.05) is 25.0 Å². The van der Waals surface area contributed by atoms with Crippen LogP contribution in [0.4, 0.5) is 4.39 Å². The summed E-state index contributed by atoms with van der Waals surface area (Å²) in [6, 6.07) is 4.66. The van der Waals surface area contributed by atoms with Gasteiger partial charge in [0.15, 0.2) is 11.6 Å². The lowest BCUT2D eigenvalue weighted by atomic mass is 10.00. The van der Waals surface area contributed by atoms with Gasteiger partial charge in [0.1, 0.15) is 0 Å². The molecule has 0 bridgehead atoms. The van der Waals surface area contributed by atoms with E-state index in [4.69, 9.17) is 0 Å². The Balaban J connectivity index is 2.02. The molecule has 1 aliphatic carbocycles. The fraction of sp³-hybridized carbons (Fsp3) is 0.538. The first-order chi connectivity index (χ1) is 7.61. The molecule has 1 aliphatic rings. The van der Waals surface area contributed by atoms with Crippen LogP contribution in [0, 0.1) is 5.82 Å². The minimum Gasteiger partial charge on any atom is -0.505 e. The van der Waals surface area contributed by atoms with E-state index in [2.05, 4.69) is 12.2 Å². The number of benzene rings is 1. The summed E-state index contributed by atoms with van der Waals surface area (Å²) < 4.78 is 13.1. The number of halogens is 1. The molecule has 1 fully saturated rings. The quantitative estimate of drug-likeness (QED) is 0.825. The highest BCUT2D eigenvalue weighted by Crippen LogP contribution is 2.30. The molecule has 1 saturated carbocycles.